The fourth-order valence-electron chi connectivity index (χ4n) is 3.98. The number of hydrogen-bond donors (Lipinski definition) is 2. The number of phenols is 2. The summed E-state index contributed by atoms with van der Waals surface area (Å²) >= 11 is 0. The lowest BCUT2D eigenvalue weighted by molar-refractivity contribution is 0.442. The number of aryl methyl sites for hydroxylation is 4. The lowest BCUT2D eigenvalue weighted by Gasteiger charge is -2.23. The van der Waals surface area contributed by atoms with Gasteiger partial charge in [-0.3, -0.25) is 0 Å². The highest BCUT2D eigenvalue weighted by Gasteiger charge is 2.21. The lowest BCUT2D eigenvalue weighted by atomic mass is 9.83. The summed E-state index contributed by atoms with van der Waals surface area (Å²) in [6.07, 6.45) is 5.57. The summed E-state index contributed by atoms with van der Waals surface area (Å²) in [5.41, 5.74) is 6.58. The zero-order chi connectivity index (χ0) is 22.0. The molecule has 0 amide bonds. The topological polar surface area (TPSA) is 40.5 Å². The van der Waals surface area contributed by atoms with Gasteiger partial charge >= 0.3 is 0 Å². The third-order valence-electron chi connectivity index (χ3n) is 5.77. The maximum absolute atomic E-state index is 10.4. The van der Waals surface area contributed by atoms with Gasteiger partial charge in [-0.1, -0.05) is 72.2 Å². The second-order valence-electron chi connectivity index (χ2n) is 10.7. The molecule has 0 bridgehead atoms. The quantitative estimate of drug-likeness (QED) is 0.504. The molecule has 0 unspecified atom stereocenters. The summed E-state index contributed by atoms with van der Waals surface area (Å²) in [6, 6.07) is 8.62. The van der Waals surface area contributed by atoms with Gasteiger partial charge in [0.1, 0.15) is 11.5 Å². The molecule has 2 nitrogen and oxygen atoms in total. The molecular formula is C27H40O2. The molecule has 0 aliphatic carbocycles. The summed E-state index contributed by atoms with van der Waals surface area (Å²) < 4.78 is 0. The highest BCUT2D eigenvalue weighted by molar-refractivity contribution is 5.47. The minimum Gasteiger partial charge on any atom is -0.507 e. The molecule has 2 aromatic rings. The van der Waals surface area contributed by atoms with Gasteiger partial charge in [0.25, 0.3) is 0 Å². The minimum atomic E-state index is -0.0493. The summed E-state index contributed by atoms with van der Waals surface area (Å²) in [5.74, 6) is 0.886. The van der Waals surface area contributed by atoms with E-state index in [1.54, 1.807) is 0 Å². The van der Waals surface area contributed by atoms with E-state index in [-0.39, 0.29) is 10.8 Å². The first-order chi connectivity index (χ1) is 13.3. The molecule has 0 saturated heterocycles. The van der Waals surface area contributed by atoms with E-state index in [1.165, 1.54) is 17.5 Å². The van der Waals surface area contributed by atoms with E-state index in [2.05, 4.69) is 65.8 Å². The van der Waals surface area contributed by atoms with Crippen LogP contribution in [-0.2, 0) is 23.7 Å². The summed E-state index contributed by atoms with van der Waals surface area (Å²) in [5, 5.41) is 20.8. The molecule has 2 heteroatoms. The maximum Gasteiger partial charge on any atom is 0.122 e. The first kappa shape index (κ1) is 23.3. The Balaban J connectivity index is 1.96. The third kappa shape index (κ3) is 6.01. The normalized spacial score (nSPS) is 12.4. The number of aromatic hydroxyl groups is 2. The molecule has 0 aliphatic rings. The van der Waals surface area contributed by atoms with Crippen LogP contribution in [0.4, 0.5) is 0 Å². The third-order valence-corrected chi connectivity index (χ3v) is 5.77. The molecule has 2 N–H and O–H groups in total. The second kappa shape index (κ2) is 8.81. The van der Waals surface area contributed by atoms with Crippen molar-refractivity contribution in [1.82, 2.24) is 0 Å². The molecule has 0 spiro atoms. The van der Waals surface area contributed by atoms with Gasteiger partial charge in [0, 0.05) is 0 Å². The molecule has 0 saturated carbocycles. The number of unbranched alkanes of at least 4 members (excludes halogenated alkanes) is 2. The molecule has 0 heterocycles. The van der Waals surface area contributed by atoms with Gasteiger partial charge in [-0.2, -0.15) is 0 Å². The van der Waals surface area contributed by atoms with Crippen molar-refractivity contribution in [3.63, 3.8) is 0 Å². The number of benzene rings is 2. The van der Waals surface area contributed by atoms with Gasteiger partial charge in [0.2, 0.25) is 0 Å². The Morgan fingerprint density at radius 1 is 0.586 bits per heavy atom. The molecule has 0 atom stereocenters. The van der Waals surface area contributed by atoms with Crippen LogP contribution in [0.3, 0.4) is 0 Å². The van der Waals surface area contributed by atoms with Gasteiger partial charge < -0.3 is 10.2 Å². The Kier molecular flexibility index (Phi) is 7.09. The number of hydrogen-bond acceptors (Lipinski definition) is 2. The Bertz CT molecular complexity index is 777. The second-order valence-corrected chi connectivity index (χ2v) is 10.7. The fraction of sp³-hybridized carbons (Fsp3) is 0.556. The van der Waals surface area contributed by atoms with Gasteiger partial charge in [0.15, 0.2) is 0 Å². The van der Waals surface area contributed by atoms with Crippen LogP contribution in [0.5, 0.6) is 11.5 Å². The zero-order valence-corrected chi connectivity index (χ0v) is 19.7. The zero-order valence-electron chi connectivity index (χ0n) is 19.7. The lowest BCUT2D eigenvalue weighted by Crippen LogP contribution is -2.12. The molecule has 0 radical (unpaired) electrons. The Morgan fingerprint density at radius 3 is 1.24 bits per heavy atom. The van der Waals surface area contributed by atoms with Crippen molar-refractivity contribution in [1.29, 1.82) is 0 Å². The Hall–Kier alpha value is -1.96. The molecule has 160 valence electrons. The Labute approximate surface area is 178 Å². The fourth-order valence-corrected chi connectivity index (χ4v) is 3.98. The average molecular weight is 397 g/mol. The van der Waals surface area contributed by atoms with Crippen molar-refractivity contribution in [3.05, 3.63) is 57.6 Å². The van der Waals surface area contributed by atoms with Crippen molar-refractivity contribution in [2.75, 3.05) is 0 Å². The number of rotatable bonds is 6. The molecule has 0 aliphatic heterocycles. The van der Waals surface area contributed by atoms with Crippen molar-refractivity contribution in [2.24, 2.45) is 0 Å². The molecule has 29 heavy (non-hydrogen) atoms. The van der Waals surface area contributed by atoms with E-state index in [9.17, 15) is 10.2 Å². The SMILES string of the molecule is Cc1cc(CCCCCc2cc(C)c(O)c(C(C)(C)C)c2)cc(C(C)(C)C)c1O. The van der Waals surface area contributed by atoms with Gasteiger partial charge in [-0.25, -0.2) is 0 Å². The summed E-state index contributed by atoms with van der Waals surface area (Å²) in [6.45, 7) is 16.9. The van der Waals surface area contributed by atoms with Crippen LogP contribution in [0.25, 0.3) is 0 Å². The molecule has 0 aromatic heterocycles. The summed E-state index contributed by atoms with van der Waals surface area (Å²) in [7, 11) is 0. The smallest absolute Gasteiger partial charge is 0.122 e. The van der Waals surface area contributed by atoms with Gasteiger partial charge in [-0.05, 0) is 83.7 Å². The van der Waals surface area contributed by atoms with Crippen LogP contribution >= 0.6 is 0 Å². The first-order valence-electron chi connectivity index (χ1n) is 11.0. The average Bonchev–Trinajstić information content (AvgIpc) is 2.58. The molecule has 2 aromatic carbocycles. The monoisotopic (exact) mass is 396 g/mol. The van der Waals surface area contributed by atoms with Crippen LogP contribution in [0, 0.1) is 13.8 Å². The van der Waals surface area contributed by atoms with Crippen molar-refractivity contribution in [2.45, 2.75) is 98.3 Å². The van der Waals surface area contributed by atoms with Crippen molar-refractivity contribution < 1.29 is 10.2 Å². The van der Waals surface area contributed by atoms with Crippen LogP contribution in [0.15, 0.2) is 24.3 Å². The first-order valence-corrected chi connectivity index (χ1v) is 11.0. The van der Waals surface area contributed by atoms with E-state index < -0.39 is 0 Å². The standard InChI is InChI=1S/C27H40O2/c1-18-14-20(16-22(24(18)28)26(3,4)5)12-10-9-11-13-21-15-19(2)25(29)23(17-21)27(6,7)8/h14-17,28-29H,9-13H2,1-8H3. The van der Waals surface area contributed by atoms with Crippen LogP contribution in [0.2, 0.25) is 0 Å². The van der Waals surface area contributed by atoms with E-state index in [0.717, 1.165) is 47.9 Å². The van der Waals surface area contributed by atoms with Gasteiger partial charge in [-0.15, -0.1) is 0 Å². The minimum absolute atomic E-state index is 0.0493. The van der Waals surface area contributed by atoms with E-state index in [0.29, 0.717) is 11.5 Å². The molecule has 0 fully saturated rings. The van der Waals surface area contributed by atoms with Crippen LogP contribution in [-0.4, -0.2) is 10.2 Å². The van der Waals surface area contributed by atoms with Crippen LogP contribution in [0.1, 0.15) is 94.2 Å². The summed E-state index contributed by atoms with van der Waals surface area (Å²) in [4.78, 5) is 0. The van der Waals surface area contributed by atoms with E-state index in [1.807, 2.05) is 13.8 Å². The van der Waals surface area contributed by atoms with Crippen LogP contribution < -0.4 is 0 Å². The highest BCUT2D eigenvalue weighted by Crippen LogP contribution is 2.35. The van der Waals surface area contributed by atoms with Gasteiger partial charge in [0.05, 0.1) is 0 Å². The predicted molar refractivity (Wildman–Crippen MR) is 124 cm³/mol. The predicted octanol–water partition coefficient (Wildman–Crippen LogP) is 7.27. The van der Waals surface area contributed by atoms with E-state index in [4.69, 9.17) is 0 Å². The van der Waals surface area contributed by atoms with Crippen molar-refractivity contribution >= 4 is 0 Å². The van der Waals surface area contributed by atoms with Crippen molar-refractivity contribution in [3.8, 4) is 11.5 Å². The number of phenolic OH excluding ortho intramolecular Hbond substituents is 2. The van der Waals surface area contributed by atoms with E-state index >= 15 is 0 Å². The Morgan fingerprint density at radius 2 is 0.931 bits per heavy atom. The molecule has 2 rings (SSSR count). The largest absolute Gasteiger partial charge is 0.507 e. The highest BCUT2D eigenvalue weighted by atomic mass is 16.3. The maximum atomic E-state index is 10.4. The molecular weight excluding hydrogens is 356 g/mol.